The van der Waals surface area contributed by atoms with E-state index in [0.717, 1.165) is 30.9 Å². The third kappa shape index (κ3) is 2.92. The Bertz CT molecular complexity index is 633. The van der Waals surface area contributed by atoms with Crippen molar-refractivity contribution in [3.63, 3.8) is 0 Å². The zero-order valence-electron chi connectivity index (χ0n) is 14.5. The molecule has 1 aliphatic heterocycles. The third-order valence-electron chi connectivity index (χ3n) is 5.80. The van der Waals surface area contributed by atoms with Crippen molar-refractivity contribution in [2.75, 3.05) is 20.4 Å². The number of hydrogen-bond donors (Lipinski definition) is 1. The molecule has 0 atom stereocenters. The molecule has 2 saturated carbocycles. The minimum atomic E-state index is 0.0776. The Morgan fingerprint density at radius 1 is 1.21 bits per heavy atom. The van der Waals surface area contributed by atoms with E-state index in [1.807, 2.05) is 6.07 Å². The molecule has 0 radical (unpaired) electrons. The van der Waals surface area contributed by atoms with Crippen LogP contribution in [0, 0.1) is 0 Å². The van der Waals surface area contributed by atoms with Crippen LogP contribution in [0.4, 0.5) is 0 Å². The molecule has 0 unspecified atom stereocenters. The van der Waals surface area contributed by atoms with Crippen molar-refractivity contribution in [2.45, 2.75) is 56.4 Å². The highest BCUT2D eigenvalue weighted by Crippen LogP contribution is 2.43. The molecule has 3 aliphatic rings. The van der Waals surface area contributed by atoms with Crippen LogP contribution in [0.1, 0.15) is 50.5 Å². The van der Waals surface area contributed by atoms with E-state index in [1.165, 1.54) is 37.7 Å². The Balaban J connectivity index is 1.59. The summed E-state index contributed by atoms with van der Waals surface area (Å²) in [6.07, 6.45) is 8.62. The largest absolute Gasteiger partial charge is 0.454 e. The number of aliphatic imine (C=N–C) groups is 1. The molecular weight excluding hydrogens is 302 g/mol. The molecule has 0 bridgehead atoms. The van der Waals surface area contributed by atoms with E-state index in [2.05, 4.69) is 24.1 Å². The van der Waals surface area contributed by atoms with E-state index in [-0.39, 0.29) is 5.41 Å². The van der Waals surface area contributed by atoms with Gasteiger partial charge in [-0.3, -0.25) is 4.99 Å². The van der Waals surface area contributed by atoms with Crippen LogP contribution in [0.5, 0.6) is 11.5 Å². The minimum absolute atomic E-state index is 0.0776. The molecule has 24 heavy (non-hydrogen) atoms. The second-order valence-electron chi connectivity index (χ2n) is 7.43. The van der Waals surface area contributed by atoms with Crippen LogP contribution in [-0.4, -0.2) is 37.3 Å². The molecule has 1 aromatic rings. The molecule has 4 rings (SSSR count). The monoisotopic (exact) mass is 329 g/mol. The molecule has 0 amide bonds. The van der Waals surface area contributed by atoms with Crippen LogP contribution in [0.15, 0.2) is 23.2 Å². The van der Waals surface area contributed by atoms with Gasteiger partial charge in [0.25, 0.3) is 0 Å². The molecule has 5 heteroatoms. The second-order valence-corrected chi connectivity index (χ2v) is 7.43. The minimum Gasteiger partial charge on any atom is -0.454 e. The van der Waals surface area contributed by atoms with E-state index in [4.69, 9.17) is 20.2 Å². The molecule has 2 N–H and O–H groups in total. The van der Waals surface area contributed by atoms with Gasteiger partial charge in [0.05, 0.1) is 6.54 Å². The Labute approximate surface area is 143 Å². The summed E-state index contributed by atoms with van der Waals surface area (Å²) in [5.74, 6) is 2.40. The van der Waals surface area contributed by atoms with Crippen LogP contribution in [0.3, 0.4) is 0 Å². The van der Waals surface area contributed by atoms with Crippen LogP contribution in [0.25, 0.3) is 0 Å². The summed E-state index contributed by atoms with van der Waals surface area (Å²) in [4.78, 5) is 6.93. The van der Waals surface area contributed by atoms with Crippen molar-refractivity contribution in [3.8, 4) is 11.5 Å². The first-order chi connectivity index (χ1) is 11.7. The Hall–Kier alpha value is -1.91. The molecule has 0 aromatic heterocycles. The van der Waals surface area contributed by atoms with E-state index in [1.54, 1.807) is 0 Å². The number of hydrogen-bond acceptors (Lipinski definition) is 3. The van der Waals surface area contributed by atoms with Crippen molar-refractivity contribution in [1.82, 2.24) is 4.90 Å². The topological polar surface area (TPSA) is 60.1 Å². The standard InChI is InChI=1S/C19H27N3O2/c1-22(15-6-7-15)18(20)21-12-19(9-3-2-4-10-19)14-5-8-16-17(11-14)24-13-23-16/h5,8,11,15H,2-4,6-7,9-10,12-13H2,1H3,(H2,20,21). The molecular formula is C19H27N3O2. The smallest absolute Gasteiger partial charge is 0.231 e. The molecule has 0 spiro atoms. The lowest BCUT2D eigenvalue weighted by atomic mass is 9.69. The quantitative estimate of drug-likeness (QED) is 0.681. The fourth-order valence-electron chi connectivity index (χ4n) is 3.99. The summed E-state index contributed by atoms with van der Waals surface area (Å²) in [6, 6.07) is 6.98. The lowest BCUT2D eigenvalue weighted by Crippen LogP contribution is -2.38. The van der Waals surface area contributed by atoms with Gasteiger partial charge in [-0.1, -0.05) is 25.3 Å². The average molecular weight is 329 g/mol. The fourth-order valence-corrected chi connectivity index (χ4v) is 3.99. The van der Waals surface area contributed by atoms with Gasteiger partial charge in [-0.05, 0) is 43.4 Å². The van der Waals surface area contributed by atoms with Gasteiger partial charge >= 0.3 is 0 Å². The molecule has 1 heterocycles. The van der Waals surface area contributed by atoms with Crippen molar-refractivity contribution >= 4 is 5.96 Å². The summed E-state index contributed by atoms with van der Waals surface area (Å²) >= 11 is 0. The summed E-state index contributed by atoms with van der Waals surface area (Å²) < 4.78 is 11.0. The summed E-state index contributed by atoms with van der Waals surface area (Å²) in [6.45, 7) is 1.08. The molecule has 0 saturated heterocycles. The lowest BCUT2D eigenvalue weighted by Gasteiger charge is -2.37. The summed E-state index contributed by atoms with van der Waals surface area (Å²) in [7, 11) is 2.06. The summed E-state index contributed by atoms with van der Waals surface area (Å²) in [5.41, 5.74) is 7.63. The summed E-state index contributed by atoms with van der Waals surface area (Å²) in [5, 5.41) is 0. The Morgan fingerprint density at radius 2 is 1.96 bits per heavy atom. The van der Waals surface area contributed by atoms with Crippen molar-refractivity contribution in [1.29, 1.82) is 0 Å². The predicted octanol–water partition coefficient (Wildman–Crippen LogP) is 3.03. The van der Waals surface area contributed by atoms with Crippen LogP contribution < -0.4 is 15.2 Å². The zero-order chi connectivity index (χ0) is 16.6. The Kier molecular flexibility index (Phi) is 4.02. The molecule has 2 aliphatic carbocycles. The highest BCUT2D eigenvalue weighted by molar-refractivity contribution is 5.78. The maximum Gasteiger partial charge on any atom is 0.231 e. The van der Waals surface area contributed by atoms with Crippen molar-refractivity contribution in [2.24, 2.45) is 10.7 Å². The van der Waals surface area contributed by atoms with Gasteiger partial charge in [0.2, 0.25) is 6.79 Å². The van der Waals surface area contributed by atoms with E-state index < -0.39 is 0 Å². The molecule has 1 aromatic carbocycles. The van der Waals surface area contributed by atoms with Crippen LogP contribution in [0.2, 0.25) is 0 Å². The number of benzene rings is 1. The molecule has 2 fully saturated rings. The van der Waals surface area contributed by atoms with Gasteiger partial charge in [0, 0.05) is 18.5 Å². The van der Waals surface area contributed by atoms with E-state index in [9.17, 15) is 0 Å². The number of guanidine groups is 1. The first-order valence-electron chi connectivity index (χ1n) is 9.11. The van der Waals surface area contributed by atoms with Crippen molar-refractivity contribution in [3.05, 3.63) is 23.8 Å². The van der Waals surface area contributed by atoms with Gasteiger partial charge in [-0.2, -0.15) is 0 Å². The SMILES string of the molecule is CN(C(N)=NCC1(c2ccc3c(c2)OCO3)CCCCC1)C1CC1. The van der Waals surface area contributed by atoms with Gasteiger partial charge in [-0.15, -0.1) is 0 Å². The fraction of sp³-hybridized carbons (Fsp3) is 0.632. The van der Waals surface area contributed by atoms with Gasteiger partial charge in [0.1, 0.15) is 0 Å². The second kappa shape index (κ2) is 6.19. The predicted molar refractivity (Wildman–Crippen MR) is 94.6 cm³/mol. The third-order valence-corrected chi connectivity index (χ3v) is 5.80. The maximum absolute atomic E-state index is 6.23. The zero-order valence-corrected chi connectivity index (χ0v) is 14.5. The Morgan fingerprint density at radius 3 is 2.71 bits per heavy atom. The van der Waals surface area contributed by atoms with E-state index in [0.29, 0.717) is 18.8 Å². The van der Waals surface area contributed by atoms with Crippen LogP contribution in [-0.2, 0) is 5.41 Å². The van der Waals surface area contributed by atoms with E-state index >= 15 is 0 Å². The number of fused-ring (bicyclic) bond motifs is 1. The number of nitrogens with two attached hydrogens (primary N) is 1. The first kappa shape index (κ1) is 15.6. The molecule has 130 valence electrons. The highest BCUT2D eigenvalue weighted by atomic mass is 16.7. The number of ether oxygens (including phenoxy) is 2. The van der Waals surface area contributed by atoms with Crippen molar-refractivity contribution < 1.29 is 9.47 Å². The molecule has 5 nitrogen and oxygen atoms in total. The normalized spacial score (nSPS) is 22.5. The maximum atomic E-state index is 6.23. The number of nitrogens with zero attached hydrogens (tertiary/aromatic N) is 2. The van der Waals surface area contributed by atoms with Gasteiger partial charge in [-0.25, -0.2) is 0 Å². The number of rotatable bonds is 4. The highest BCUT2D eigenvalue weighted by Gasteiger charge is 2.35. The first-order valence-corrected chi connectivity index (χ1v) is 9.11. The van der Waals surface area contributed by atoms with Crippen LogP contribution >= 0.6 is 0 Å². The average Bonchev–Trinajstić information content (AvgIpc) is 3.36. The van der Waals surface area contributed by atoms with Gasteiger partial charge in [0.15, 0.2) is 17.5 Å². The lowest BCUT2D eigenvalue weighted by molar-refractivity contribution is 0.174. The van der Waals surface area contributed by atoms with Gasteiger partial charge < -0.3 is 20.1 Å².